The van der Waals surface area contributed by atoms with Gasteiger partial charge >= 0.3 is 5.97 Å². The van der Waals surface area contributed by atoms with Gasteiger partial charge in [-0.15, -0.1) is 0 Å². The highest BCUT2D eigenvalue weighted by Crippen LogP contribution is 2.32. The van der Waals surface area contributed by atoms with E-state index >= 15 is 0 Å². The number of carbonyl (C=O) groups is 1. The van der Waals surface area contributed by atoms with Gasteiger partial charge < -0.3 is 10.5 Å². The molecule has 0 saturated carbocycles. The van der Waals surface area contributed by atoms with Crippen LogP contribution in [0.25, 0.3) is 0 Å². The Kier molecular flexibility index (Phi) is 5.40. The lowest BCUT2D eigenvalue weighted by molar-refractivity contribution is -0.153. The van der Waals surface area contributed by atoms with Crippen LogP contribution in [0.1, 0.15) is 40.0 Å². The summed E-state index contributed by atoms with van der Waals surface area (Å²) in [6.45, 7) is 9.03. The molecule has 0 aromatic carbocycles. The lowest BCUT2D eigenvalue weighted by atomic mass is 9.81. The molecule has 4 heteroatoms. The third-order valence-corrected chi connectivity index (χ3v) is 4.10. The van der Waals surface area contributed by atoms with Crippen molar-refractivity contribution in [2.24, 2.45) is 11.7 Å². The summed E-state index contributed by atoms with van der Waals surface area (Å²) in [7, 11) is 0. The predicted molar refractivity (Wildman–Crippen MR) is 68.7 cm³/mol. The lowest BCUT2D eigenvalue weighted by Gasteiger charge is -2.42. The second kappa shape index (κ2) is 6.36. The SMILES string of the molecule is CCOC(=O)[C@H](CN)[C@@](C)(CC)N1CCCC1. The van der Waals surface area contributed by atoms with Crippen LogP contribution in [-0.2, 0) is 9.53 Å². The first kappa shape index (κ1) is 14.5. The van der Waals surface area contributed by atoms with Crippen LogP contribution < -0.4 is 5.73 Å². The van der Waals surface area contributed by atoms with E-state index in [0.29, 0.717) is 13.2 Å². The summed E-state index contributed by atoms with van der Waals surface area (Å²) in [4.78, 5) is 14.4. The molecule has 0 aromatic heterocycles. The largest absolute Gasteiger partial charge is 0.466 e. The molecule has 0 spiro atoms. The first-order chi connectivity index (χ1) is 8.10. The normalized spacial score (nSPS) is 22.1. The summed E-state index contributed by atoms with van der Waals surface area (Å²) in [5, 5.41) is 0. The van der Waals surface area contributed by atoms with Crippen molar-refractivity contribution in [3.63, 3.8) is 0 Å². The van der Waals surface area contributed by atoms with E-state index in [-0.39, 0.29) is 17.4 Å². The molecular weight excluding hydrogens is 216 g/mol. The maximum atomic E-state index is 12.0. The molecule has 0 amide bonds. The number of rotatable bonds is 6. The fourth-order valence-corrected chi connectivity index (χ4v) is 2.77. The first-order valence-corrected chi connectivity index (χ1v) is 6.71. The second-order valence-corrected chi connectivity index (χ2v) is 4.95. The Morgan fingerprint density at radius 3 is 2.41 bits per heavy atom. The van der Waals surface area contributed by atoms with Gasteiger partial charge in [0.05, 0.1) is 12.5 Å². The number of nitrogens with zero attached hydrogens (tertiary/aromatic N) is 1. The van der Waals surface area contributed by atoms with Crippen molar-refractivity contribution in [1.82, 2.24) is 4.90 Å². The molecule has 1 aliphatic rings. The van der Waals surface area contributed by atoms with Crippen LogP contribution in [0.3, 0.4) is 0 Å². The molecule has 1 saturated heterocycles. The van der Waals surface area contributed by atoms with E-state index < -0.39 is 0 Å². The molecule has 1 fully saturated rings. The summed E-state index contributed by atoms with van der Waals surface area (Å²) in [5.41, 5.74) is 5.65. The van der Waals surface area contributed by atoms with E-state index in [1.165, 1.54) is 12.8 Å². The smallest absolute Gasteiger partial charge is 0.312 e. The highest BCUT2D eigenvalue weighted by atomic mass is 16.5. The average Bonchev–Trinajstić information content (AvgIpc) is 2.84. The van der Waals surface area contributed by atoms with Gasteiger partial charge in [0.1, 0.15) is 0 Å². The Morgan fingerprint density at radius 1 is 1.41 bits per heavy atom. The third-order valence-electron chi connectivity index (χ3n) is 4.10. The maximum Gasteiger partial charge on any atom is 0.312 e. The van der Waals surface area contributed by atoms with Crippen LogP contribution in [0, 0.1) is 5.92 Å². The quantitative estimate of drug-likeness (QED) is 0.715. The van der Waals surface area contributed by atoms with E-state index in [4.69, 9.17) is 10.5 Å². The van der Waals surface area contributed by atoms with Gasteiger partial charge in [-0.1, -0.05) is 6.92 Å². The summed E-state index contributed by atoms with van der Waals surface area (Å²) in [6, 6.07) is 0. The lowest BCUT2D eigenvalue weighted by Crippen LogP contribution is -2.55. The van der Waals surface area contributed by atoms with Gasteiger partial charge in [0.2, 0.25) is 0 Å². The van der Waals surface area contributed by atoms with Gasteiger partial charge in [0.25, 0.3) is 0 Å². The van der Waals surface area contributed by atoms with Crippen molar-refractivity contribution in [3.05, 3.63) is 0 Å². The van der Waals surface area contributed by atoms with E-state index in [2.05, 4.69) is 18.7 Å². The minimum atomic E-state index is -0.217. The maximum absolute atomic E-state index is 12.0. The molecular formula is C13H26N2O2. The highest BCUT2D eigenvalue weighted by molar-refractivity contribution is 5.74. The number of esters is 1. The third kappa shape index (κ3) is 2.99. The molecule has 0 unspecified atom stereocenters. The van der Waals surface area contributed by atoms with Crippen molar-refractivity contribution in [2.75, 3.05) is 26.2 Å². The number of hydrogen-bond acceptors (Lipinski definition) is 4. The van der Waals surface area contributed by atoms with Crippen molar-refractivity contribution < 1.29 is 9.53 Å². The molecule has 0 radical (unpaired) electrons. The zero-order valence-electron chi connectivity index (χ0n) is 11.4. The van der Waals surface area contributed by atoms with Crippen LogP contribution in [0.5, 0.6) is 0 Å². The van der Waals surface area contributed by atoms with Crippen LogP contribution >= 0.6 is 0 Å². The van der Waals surface area contributed by atoms with Crippen molar-refractivity contribution in [2.45, 2.75) is 45.6 Å². The topological polar surface area (TPSA) is 55.6 Å². The molecule has 1 heterocycles. The van der Waals surface area contributed by atoms with Crippen molar-refractivity contribution in [1.29, 1.82) is 0 Å². The second-order valence-electron chi connectivity index (χ2n) is 4.95. The zero-order valence-corrected chi connectivity index (χ0v) is 11.4. The molecule has 100 valence electrons. The standard InChI is InChI=1S/C13H26N2O2/c1-4-13(3,15-8-6-7-9-15)11(10-14)12(16)17-5-2/h11H,4-10,14H2,1-3H3/t11-,13+/m0/s1. The van der Waals surface area contributed by atoms with Crippen LogP contribution in [0.15, 0.2) is 0 Å². The average molecular weight is 242 g/mol. The number of ether oxygens (including phenoxy) is 1. The van der Waals surface area contributed by atoms with Gasteiger partial charge in [0, 0.05) is 12.1 Å². The minimum absolute atomic E-state index is 0.147. The fraction of sp³-hybridized carbons (Fsp3) is 0.923. The number of hydrogen-bond donors (Lipinski definition) is 1. The van der Waals surface area contributed by atoms with Crippen LogP contribution in [-0.4, -0.2) is 42.6 Å². The molecule has 2 atom stereocenters. The highest BCUT2D eigenvalue weighted by Gasteiger charge is 2.43. The predicted octanol–water partition coefficient (Wildman–Crippen LogP) is 1.39. The molecule has 2 N–H and O–H groups in total. The van der Waals surface area contributed by atoms with E-state index in [9.17, 15) is 4.79 Å². The fourth-order valence-electron chi connectivity index (χ4n) is 2.77. The summed E-state index contributed by atoms with van der Waals surface area (Å²) in [5.74, 6) is -0.364. The molecule has 1 rings (SSSR count). The summed E-state index contributed by atoms with van der Waals surface area (Å²) < 4.78 is 5.16. The monoisotopic (exact) mass is 242 g/mol. The summed E-state index contributed by atoms with van der Waals surface area (Å²) in [6.07, 6.45) is 3.36. The van der Waals surface area contributed by atoms with Gasteiger partial charge in [-0.2, -0.15) is 0 Å². The number of nitrogens with two attached hydrogens (primary N) is 1. The Balaban J connectivity index is 2.83. The molecule has 17 heavy (non-hydrogen) atoms. The van der Waals surface area contributed by atoms with Gasteiger partial charge in [-0.25, -0.2) is 0 Å². The van der Waals surface area contributed by atoms with Gasteiger partial charge in [-0.05, 0) is 46.2 Å². The Bertz CT molecular complexity index is 252. The molecule has 1 aliphatic heterocycles. The Labute approximate surface area is 104 Å². The zero-order chi connectivity index (χ0) is 12.9. The first-order valence-electron chi connectivity index (χ1n) is 6.71. The van der Waals surface area contributed by atoms with E-state index in [1.54, 1.807) is 0 Å². The van der Waals surface area contributed by atoms with Crippen LogP contribution in [0.4, 0.5) is 0 Å². The van der Waals surface area contributed by atoms with E-state index in [1.807, 2.05) is 6.92 Å². The van der Waals surface area contributed by atoms with Gasteiger partial charge in [0.15, 0.2) is 0 Å². The number of carbonyl (C=O) groups excluding carboxylic acids is 1. The number of likely N-dealkylation sites (tertiary alicyclic amines) is 1. The van der Waals surface area contributed by atoms with Crippen LogP contribution in [0.2, 0.25) is 0 Å². The molecule has 0 bridgehead atoms. The molecule has 0 aliphatic carbocycles. The van der Waals surface area contributed by atoms with Crippen molar-refractivity contribution >= 4 is 5.97 Å². The van der Waals surface area contributed by atoms with E-state index in [0.717, 1.165) is 19.5 Å². The Hall–Kier alpha value is -0.610. The van der Waals surface area contributed by atoms with Crippen molar-refractivity contribution in [3.8, 4) is 0 Å². The van der Waals surface area contributed by atoms with Gasteiger partial charge in [-0.3, -0.25) is 9.69 Å². The molecule has 0 aromatic rings. The molecule has 4 nitrogen and oxygen atoms in total. The summed E-state index contributed by atoms with van der Waals surface area (Å²) >= 11 is 0. The minimum Gasteiger partial charge on any atom is -0.466 e. The Morgan fingerprint density at radius 2 is 2.00 bits per heavy atom.